The zero-order valence-corrected chi connectivity index (χ0v) is 36.3. The molecule has 0 radical (unpaired) electrons. The molecule has 0 aromatic carbocycles. The van der Waals surface area contributed by atoms with Gasteiger partial charge in [-0.3, -0.25) is 34.9 Å². The van der Waals surface area contributed by atoms with E-state index in [1.807, 2.05) is 167 Å². The number of rotatable bonds is 0. The van der Waals surface area contributed by atoms with Crippen molar-refractivity contribution in [3.05, 3.63) is 207 Å². The van der Waals surface area contributed by atoms with E-state index in [0.717, 1.165) is 34.2 Å². The van der Waals surface area contributed by atoms with Gasteiger partial charge in [-0.1, -0.05) is 30.3 Å². The topological polar surface area (TPSA) is 90.2 Å². The summed E-state index contributed by atoms with van der Waals surface area (Å²) in [4.78, 5) is 28.4. The third kappa shape index (κ3) is 24.4. The van der Waals surface area contributed by atoms with Crippen LogP contribution in [0.25, 0.3) is 0 Å². The zero-order chi connectivity index (χ0) is 41.9. The summed E-state index contributed by atoms with van der Waals surface area (Å²) in [6.07, 6.45) is 14.8. The van der Waals surface area contributed by atoms with Crippen molar-refractivity contribution < 1.29 is 0 Å². The first-order valence-corrected chi connectivity index (χ1v) is 18.8. The van der Waals surface area contributed by atoms with Crippen molar-refractivity contribution in [3.63, 3.8) is 0 Å². The molecule has 0 amide bonds. The predicted molar refractivity (Wildman–Crippen MR) is 236 cm³/mol. The molecule has 0 spiro atoms. The average molecular weight is 750 g/mol. The maximum atomic E-state index is 4.17. The first kappa shape index (κ1) is 48.1. The smallest absolute Gasteiger partial charge is 0.0401 e. The Morgan fingerprint density at radius 1 is 0.304 bits per heavy atom. The van der Waals surface area contributed by atoms with Crippen LogP contribution in [-0.4, -0.2) is 34.9 Å². The van der Waals surface area contributed by atoms with E-state index >= 15 is 0 Å². The Morgan fingerprint density at radius 2 is 0.875 bits per heavy atom. The van der Waals surface area contributed by atoms with Gasteiger partial charge >= 0.3 is 0 Å². The molecular weight excluding hydrogens is 687 g/mol. The molecule has 7 heteroatoms. The minimum atomic E-state index is 1.08. The number of aryl methyl sites for hydroxylation is 14. The summed E-state index contributed by atoms with van der Waals surface area (Å²) in [6.45, 7) is 28.4. The summed E-state index contributed by atoms with van der Waals surface area (Å²) in [7, 11) is 0. The highest BCUT2D eigenvalue weighted by molar-refractivity contribution is 5.19. The number of hydrogen-bond acceptors (Lipinski definition) is 7. The summed E-state index contributed by atoms with van der Waals surface area (Å²) in [6, 6.07) is 26.3. The Hall–Kier alpha value is -5.95. The maximum Gasteiger partial charge on any atom is 0.0401 e. The number of pyridine rings is 7. The summed E-state index contributed by atoms with van der Waals surface area (Å²) in [5, 5.41) is 0. The van der Waals surface area contributed by atoms with Crippen LogP contribution in [0.3, 0.4) is 0 Å². The first-order valence-electron chi connectivity index (χ1n) is 18.8. The second-order valence-corrected chi connectivity index (χ2v) is 13.8. The molecule has 294 valence electrons. The number of nitrogens with zero attached hydrogens (tertiary/aromatic N) is 7. The molecule has 7 nitrogen and oxygen atoms in total. The van der Waals surface area contributed by atoms with E-state index in [-0.39, 0.29) is 0 Å². The van der Waals surface area contributed by atoms with Gasteiger partial charge in [0, 0.05) is 83.7 Å². The minimum absolute atomic E-state index is 1.08. The normalized spacial score (nSPS) is 9.25. The van der Waals surface area contributed by atoms with Gasteiger partial charge in [-0.15, -0.1) is 0 Å². The summed E-state index contributed by atoms with van der Waals surface area (Å²) in [5.41, 5.74) is 16.5. The Balaban J connectivity index is 0.000000327. The third-order valence-corrected chi connectivity index (χ3v) is 7.78. The molecule has 0 N–H and O–H groups in total. The molecular formula is C49H63N7. The Kier molecular flexibility index (Phi) is 23.7. The minimum Gasteiger partial charge on any atom is -0.264 e. The van der Waals surface area contributed by atoms with Crippen LogP contribution in [0, 0.1) is 96.9 Å². The Morgan fingerprint density at radius 3 is 1.16 bits per heavy atom. The van der Waals surface area contributed by atoms with Gasteiger partial charge in [-0.2, -0.15) is 0 Å². The van der Waals surface area contributed by atoms with Crippen molar-refractivity contribution in [2.24, 2.45) is 0 Å². The standard InChI is InChI=1S/7C7H9N/c1-6-3-7(2)5-8-4-6;1-6-3-4-8-5-7(6)2;1-6-3-4-8-7(2)5-6;2*1-6-3-4-7(2)8-5-6;1-6-4-3-5-8-7(6)2;1-6-4-3-5-7(2)8-6/h7*3-5H,1-2H3. The molecule has 0 aliphatic rings. The fourth-order valence-electron chi connectivity index (χ4n) is 4.26. The van der Waals surface area contributed by atoms with Crippen LogP contribution in [0.15, 0.2) is 128 Å². The summed E-state index contributed by atoms with van der Waals surface area (Å²) in [5.74, 6) is 0. The Bertz CT molecular complexity index is 1760. The van der Waals surface area contributed by atoms with Crippen LogP contribution in [0.4, 0.5) is 0 Å². The van der Waals surface area contributed by atoms with Crippen LogP contribution < -0.4 is 0 Å². The van der Waals surface area contributed by atoms with Gasteiger partial charge in [-0.25, -0.2) is 0 Å². The molecule has 7 rings (SSSR count). The van der Waals surface area contributed by atoms with Crippen molar-refractivity contribution in [2.75, 3.05) is 0 Å². The SMILES string of the molecule is Cc1ccc(C)nc1.Cc1ccc(C)nc1.Cc1cccc(C)n1.Cc1cccnc1C.Cc1ccnc(C)c1.Cc1ccncc1C.Cc1cncc(C)c1. The van der Waals surface area contributed by atoms with Crippen molar-refractivity contribution in [3.8, 4) is 0 Å². The lowest BCUT2D eigenvalue weighted by Gasteiger charge is -1.92. The lowest BCUT2D eigenvalue weighted by Crippen LogP contribution is -1.81. The van der Waals surface area contributed by atoms with E-state index in [1.54, 1.807) is 0 Å². The van der Waals surface area contributed by atoms with E-state index in [0.29, 0.717) is 0 Å². The number of aromatic nitrogens is 7. The van der Waals surface area contributed by atoms with Crippen LogP contribution in [-0.2, 0) is 0 Å². The van der Waals surface area contributed by atoms with Gasteiger partial charge in [0.2, 0.25) is 0 Å². The maximum absolute atomic E-state index is 4.17. The second-order valence-electron chi connectivity index (χ2n) is 13.8. The first-order chi connectivity index (χ1) is 26.5. The van der Waals surface area contributed by atoms with E-state index in [9.17, 15) is 0 Å². The fraction of sp³-hybridized carbons (Fsp3) is 0.286. The summed E-state index contributed by atoms with van der Waals surface area (Å²) >= 11 is 0. The predicted octanol–water partition coefficient (Wildman–Crippen LogP) is 11.9. The lowest BCUT2D eigenvalue weighted by molar-refractivity contribution is 1.12. The van der Waals surface area contributed by atoms with Crippen LogP contribution in [0.1, 0.15) is 78.7 Å². The van der Waals surface area contributed by atoms with Gasteiger partial charge in [0.05, 0.1) is 0 Å². The van der Waals surface area contributed by atoms with Gasteiger partial charge in [0.15, 0.2) is 0 Å². The monoisotopic (exact) mass is 750 g/mol. The van der Waals surface area contributed by atoms with E-state index in [2.05, 4.69) is 92.9 Å². The molecule has 0 aliphatic carbocycles. The van der Waals surface area contributed by atoms with Crippen LogP contribution >= 0.6 is 0 Å². The van der Waals surface area contributed by atoms with E-state index in [1.165, 1.54) is 44.5 Å². The molecule has 0 saturated heterocycles. The highest BCUT2D eigenvalue weighted by atomic mass is 14.7. The molecule has 0 aliphatic heterocycles. The van der Waals surface area contributed by atoms with Crippen LogP contribution in [0.5, 0.6) is 0 Å². The largest absolute Gasteiger partial charge is 0.264 e. The average Bonchev–Trinajstić information content (AvgIpc) is 3.15. The quantitative estimate of drug-likeness (QED) is 0.152. The van der Waals surface area contributed by atoms with Gasteiger partial charge in [0.25, 0.3) is 0 Å². The lowest BCUT2D eigenvalue weighted by atomic mass is 10.2. The molecule has 56 heavy (non-hydrogen) atoms. The van der Waals surface area contributed by atoms with E-state index in [4.69, 9.17) is 0 Å². The molecule has 7 aromatic rings. The molecule has 7 aromatic heterocycles. The van der Waals surface area contributed by atoms with E-state index < -0.39 is 0 Å². The molecule has 0 saturated carbocycles. The summed E-state index contributed by atoms with van der Waals surface area (Å²) < 4.78 is 0. The highest BCUT2D eigenvalue weighted by Gasteiger charge is 1.87. The molecule has 0 bridgehead atoms. The molecule has 7 heterocycles. The second kappa shape index (κ2) is 27.6. The van der Waals surface area contributed by atoms with Crippen molar-refractivity contribution >= 4 is 0 Å². The molecule has 0 fully saturated rings. The van der Waals surface area contributed by atoms with Gasteiger partial charge in [-0.05, 0) is 190 Å². The van der Waals surface area contributed by atoms with Crippen molar-refractivity contribution in [1.29, 1.82) is 0 Å². The highest BCUT2D eigenvalue weighted by Crippen LogP contribution is 2.01. The van der Waals surface area contributed by atoms with Gasteiger partial charge in [0.1, 0.15) is 0 Å². The Labute approximate surface area is 337 Å². The van der Waals surface area contributed by atoms with Crippen molar-refractivity contribution in [2.45, 2.75) is 96.9 Å². The van der Waals surface area contributed by atoms with Gasteiger partial charge < -0.3 is 0 Å². The fourth-order valence-corrected chi connectivity index (χ4v) is 4.26. The number of hydrogen-bond donors (Lipinski definition) is 0. The van der Waals surface area contributed by atoms with Crippen LogP contribution in [0.2, 0.25) is 0 Å². The third-order valence-electron chi connectivity index (χ3n) is 7.78. The molecule has 0 atom stereocenters. The van der Waals surface area contributed by atoms with Crippen molar-refractivity contribution in [1.82, 2.24) is 34.9 Å². The zero-order valence-electron chi connectivity index (χ0n) is 36.3. The molecule has 0 unspecified atom stereocenters.